The summed E-state index contributed by atoms with van der Waals surface area (Å²) in [5.41, 5.74) is 0.00644. The number of halogens is 1. The van der Waals surface area contributed by atoms with Crippen molar-refractivity contribution in [3.05, 3.63) is 24.3 Å². The molecule has 1 aliphatic carbocycles. The fraction of sp³-hybridized carbons (Fsp3) is 0.538. The molecule has 1 saturated carbocycles. The van der Waals surface area contributed by atoms with E-state index in [1.807, 2.05) is 0 Å². The highest BCUT2D eigenvalue weighted by atomic mass is 35.7. The molecule has 0 bridgehead atoms. The summed E-state index contributed by atoms with van der Waals surface area (Å²) in [7, 11) is -2.28. The van der Waals surface area contributed by atoms with Crippen molar-refractivity contribution >= 4 is 29.8 Å². The molecular weight excluding hydrogens is 334 g/mol. The monoisotopic (exact) mass is 351 g/mol. The molecule has 1 N–H and O–H groups in total. The van der Waals surface area contributed by atoms with Gasteiger partial charge >= 0.3 is 0 Å². The zero-order chi connectivity index (χ0) is 15.7. The summed E-state index contributed by atoms with van der Waals surface area (Å²) in [6, 6.07) is 4.87. The third kappa shape index (κ3) is 4.18. The molecule has 0 aromatic heterocycles. The van der Waals surface area contributed by atoms with Crippen molar-refractivity contribution < 1.29 is 16.8 Å². The van der Waals surface area contributed by atoms with Crippen LogP contribution in [0.1, 0.15) is 32.6 Å². The summed E-state index contributed by atoms with van der Waals surface area (Å²) in [5.74, 6) is 0. The summed E-state index contributed by atoms with van der Waals surface area (Å²) in [5, 5.41) is 0. The van der Waals surface area contributed by atoms with Gasteiger partial charge in [-0.05, 0) is 42.5 Å². The number of nitrogens with one attached hydrogen (secondary N) is 1. The third-order valence-corrected chi connectivity index (χ3v) is 6.70. The lowest BCUT2D eigenvalue weighted by Gasteiger charge is -2.23. The Bertz CT molecular complexity index is 705. The van der Waals surface area contributed by atoms with Gasteiger partial charge in [0.05, 0.1) is 9.79 Å². The maximum absolute atomic E-state index is 12.2. The van der Waals surface area contributed by atoms with Gasteiger partial charge in [0, 0.05) is 17.2 Å². The van der Waals surface area contributed by atoms with E-state index in [1.54, 1.807) is 0 Å². The van der Waals surface area contributed by atoms with E-state index in [-0.39, 0.29) is 15.2 Å². The Labute approximate surface area is 130 Å². The number of sulfonamides is 1. The minimum Gasteiger partial charge on any atom is -0.211 e. The molecule has 0 radical (unpaired) electrons. The standard InChI is InChI=1S/C13H18ClNO4S2/c1-13(8-2-3-9-13)10-15-21(18,19)12-6-4-11(5-7-12)20(14,16)17/h4-7,15H,2-3,8-10H2,1H3. The molecular formula is C13H18ClNO4S2. The average Bonchev–Trinajstić information content (AvgIpc) is 2.84. The van der Waals surface area contributed by atoms with Crippen LogP contribution in [-0.4, -0.2) is 23.4 Å². The summed E-state index contributed by atoms with van der Waals surface area (Å²) >= 11 is 0. The predicted octanol–water partition coefficient (Wildman–Crippen LogP) is 2.47. The second-order valence-electron chi connectivity index (χ2n) is 5.75. The molecule has 118 valence electrons. The Morgan fingerprint density at radius 3 is 2.00 bits per heavy atom. The van der Waals surface area contributed by atoms with Crippen molar-refractivity contribution in [2.24, 2.45) is 5.41 Å². The van der Waals surface area contributed by atoms with Crippen LogP contribution in [0.25, 0.3) is 0 Å². The van der Waals surface area contributed by atoms with Gasteiger partial charge in [0.2, 0.25) is 10.0 Å². The van der Waals surface area contributed by atoms with Crippen molar-refractivity contribution in [3.63, 3.8) is 0 Å². The largest absolute Gasteiger partial charge is 0.261 e. The average molecular weight is 352 g/mol. The van der Waals surface area contributed by atoms with Gasteiger partial charge < -0.3 is 0 Å². The Balaban J connectivity index is 2.12. The zero-order valence-corrected chi connectivity index (χ0v) is 14.1. The minimum atomic E-state index is -3.84. The molecule has 21 heavy (non-hydrogen) atoms. The van der Waals surface area contributed by atoms with Gasteiger partial charge in [-0.1, -0.05) is 19.8 Å². The highest BCUT2D eigenvalue weighted by molar-refractivity contribution is 8.13. The van der Waals surface area contributed by atoms with Crippen LogP contribution >= 0.6 is 10.7 Å². The van der Waals surface area contributed by atoms with E-state index in [1.165, 1.54) is 24.3 Å². The number of hydrogen-bond acceptors (Lipinski definition) is 4. The van der Waals surface area contributed by atoms with Crippen molar-refractivity contribution in [3.8, 4) is 0 Å². The first-order valence-electron chi connectivity index (χ1n) is 6.67. The lowest BCUT2D eigenvalue weighted by molar-refractivity contribution is 0.336. The van der Waals surface area contributed by atoms with E-state index in [0.717, 1.165) is 25.7 Å². The van der Waals surface area contributed by atoms with Crippen molar-refractivity contribution in [2.45, 2.75) is 42.4 Å². The molecule has 0 saturated heterocycles. The highest BCUT2D eigenvalue weighted by Gasteiger charge is 2.30. The fourth-order valence-electron chi connectivity index (χ4n) is 2.54. The van der Waals surface area contributed by atoms with Crippen LogP contribution in [-0.2, 0) is 19.1 Å². The Hall–Kier alpha value is -0.630. The van der Waals surface area contributed by atoms with Gasteiger partial charge in [0.25, 0.3) is 9.05 Å². The molecule has 1 aromatic rings. The molecule has 0 atom stereocenters. The van der Waals surface area contributed by atoms with Crippen molar-refractivity contribution in [2.75, 3.05) is 6.54 Å². The van der Waals surface area contributed by atoms with E-state index < -0.39 is 19.1 Å². The van der Waals surface area contributed by atoms with Crippen LogP contribution in [0.5, 0.6) is 0 Å². The predicted molar refractivity (Wildman–Crippen MR) is 81.2 cm³/mol. The Kier molecular flexibility index (Phi) is 4.68. The molecule has 2 rings (SSSR count). The van der Waals surface area contributed by atoms with Crippen LogP contribution in [0, 0.1) is 5.41 Å². The lowest BCUT2D eigenvalue weighted by Crippen LogP contribution is -2.34. The third-order valence-electron chi connectivity index (χ3n) is 3.92. The summed E-state index contributed by atoms with van der Waals surface area (Å²) in [6.45, 7) is 2.47. The Morgan fingerprint density at radius 2 is 1.52 bits per heavy atom. The summed E-state index contributed by atoms with van der Waals surface area (Å²) < 4.78 is 49.3. The van der Waals surface area contributed by atoms with E-state index in [2.05, 4.69) is 11.6 Å². The van der Waals surface area contributed by atoms with E-state index in [4.69, 9.17) is 10.7 Å². The Morgan fingerprint density at radius 1 is 1.05 bits per heavy atom. The van der Waals surface area contributed by atoms with Gasteiger partial charge in [-0.15, -0.1) is 0 Å². The van der Waals surface area contributed by atoms with Gasteiger partial charge in [0.1, 0.15) is 0 Å². The molecule has 1 aromatic carbocycles. The van der Waals surface area contributed by atoms with Gasteiger partial charge in [-0.2, -0.15) is 0 Å². The number of benzene rings is 1. The van der Waals surface area contributed by atoms with Crippen molar-refractivity contribution in [1.29, 1.82) is 0 Å². The van der Waals surface area contributed by atoms with E-state index in [0.29, 0.717) is 6.54 Å². The summed E-state index contributed by atoms with van der Waals surface area (Å²) in [4.78, 5) is -0.0842. The molecule has 0 heterocycles. The molecule has 0 aliphatic heterocycles. The molecule has 5 nitrogen and oxygen atoms in total. The second-order valence-corrected chi connectivity index (χ2v) is 10.1. The van der Waals surface area contributed by atoms with Gasteiger partial charge in [-0.25, -0.2) is 21.6 Å². The van der Waals surface area contributed by atoms with Crippen LogP contribution in [0.3, 0.4) is 0 Å². The fourth-order valence-corrected chi connectivity index (χ4v) is 4.51. The first-order valence-corrected chi connectivity index (χ1v) is 10.5. The molecule has 8 heteroatoms. The molecule has 1 aliphatic rings. The van der Waals surface area contributed by atoms with Gasteiger partial charge in [-0.3, -0.25) is 0 Å². The van der Waals surface area contributed by atoms with Crippen molar-refractivity contribution in [1.82, 2.24) is 4.72 Å². The van der Waals surface area contributed by atoms with E-state index in [9.17, 15) is 16.8 Å². The SMILES string of the molecule is CC1(CNS(=O)(=O)c2ccc(S(=O)(=O)Cl)cc2)CCCC1. The molecule has 0 amide bonds. The lowest BCUT2D eigenvalue weighted by atomic mass is 9.89. The molecule has 0 unspecified atom stereocenters. The second kappa shape index (κ2) is 5.87. The van der Waals surface area contributed by atoms with Crippen LogP contribution in [0.4, 0.5) is 0 Å². The van der Waals surface area contributed by atoms with Gasteiger partial charge in [0.15, 0.2) is 0 Å². The first-order chi connectivity index (χ1) is 9.62. The maximum atomic E-state index is 12.2. The maximum Gasteiger partial charge on any atom is 0.261 e. The van der Waals surface area contributed by atoms with Crippen LogP contribution in [0.2, 0.25) is 0 Å². The molecule has 1 fully saturated rings. The molecule has 0 spiro atoms. The van der Waals surface area contributed by atoms with Crippen LogP contribution < -0.4 is 4.72 Å². The van der Waals surface area contributed by atoms with E-state index >= 15 is 0 Å². The smallest absolute Gasteiger partial charge is 0.211 e. The minimum absolute atomic E-state index is 0.00644. The zero-order valence-electron chi connectivity index (χ0n) is 11.7. The first kappa shape index (κ1) is 16.7. The number of hydrogen-bond donors (Lipinski definition) is 1. The summed E-state index contributed by atoms with van der Waals surface area (Å²) in [6.07, 6.45) is 4.28. The topological polar surface area (TPSA) is 80.3 Å². The number of rotatable bonds is 5. The van der Waals surface area contributed by atoms with Crippen LogP contribution in [0.15, 0.2) is 34.1 Å². The highest BCUT2D eigenvalue weighted by Crippen LogP contribution is 2.37. The normalized spacial score (nSPS) is 18.8. The quantitative estimate of drug-likeness (QED) is 0.826.